The third kappa shape index (κ3) is 3.35. The Hall–Kier alpha value is -0.400. The molecule has 3 unspecified atom stereocenters. The Morgan fingerprint density at radius 3 is 2.33 bits per heavy atom. The van der Waals surface area contributed by atoms with E-state index < -0.39 is 61.9 Å². The molecular weight excluding hydrogens is 290 g/mol. The molecule has 0 aromatic carbocycles. The van der Waals surface area contributed by atoms with Crippen LogP contribution in [0, 0.1) is 0 Å². The van der Waals surface area contributed by atoms with E-state index in [1.54, 1.807) is 0 Å². The fraction of sp³-hybridized carbons (Fsp3) is 1.00. The molecule has 2 rings (SSSR count). The number of hydrogen-bond acceptors (Lipinski definition) is 9. The van der Waals surface area contributed by atoms with Crippen molar-refractivity contribution in [3.63, 3.8) is 0 Å². The Bertz CT molecular complexity index is 346. The minimum absolute atomic E-state index is 0.254. The van der Waals surface area contributed by atoms with Crippen LogP contribution in [-0.4, -0.2) is 99.1 Å². The van der Waals surface area contributed by atoms with Crippen LogP contribution in [0.4, 0.5) is 0 Å². The van der Waals surface area contributed by atoms with Crippen molar-refractivity contribution in [2.24, 2.45) is 0 Å². The van der Waals surface area contributed by atoms with Crippen LogP contribution in [0.5, 0.6) is 0 Å². The number of aliphatic hydroxyl groups is 6. The summed E-state index contributed by atoms with van der Waals surface area (Å²) in [5.41, 5.74) is 3.61. The minimum Gasteiger partial charge on any atom is -0.394 e. The van der Waals surface area contributed by atoms with Crippen LogP contribution in [0.1, 0.15) is 0 Å². The maximum Gasteiger partial charge on any atom is 0.211 e. The van der Waals surface area contributed by atoms with E-state index in [0.717, 1.165) is 0 Å². The lowest BCUT2D eigenvalue weighted by Gasteiger charge is -2.42. The Balaban J connectivity index is 2.05. The molecule has 0 amide bonds. The molecule has 0 aromatic heterocycles. The molecule has 0 bridgehead atoms. The van der Waals surface area contributed by atoms with Gasteiger partial charge in [0, 0.05) is 0 Å². The highest BCUT2D eigenvalue weighted by atomic mass is 16.7. The van der Waals surface area contributed by atoms with Gasteiger partial charge in [-0.05, 0) is 0 Å². The third-order valence-electron chi connectivity index (χ3n) is 3.75. The second kappa shape index (κ2) is 6.79. The van der Waals surface area contributed by atoms with Crippen molar-refractivity contribution in [1.82, 2.24) is 0 Å². The Morgan fingerprint density at radius 2 is 1.71 bits per heavy atom. The smallest absolute Gasteiger partial charge is 0.211 e. The second-order valence-corrected chi connectivity index (χ2v) is 5.25. The number of hydrogen-bond donors (Lipinski definition) is 7. The number of rotatable bonds is 3. The molecule has 9 N–H and O–H groups in total. The first-order valence-electron chi connectivity index (χ1n) is 6.63. The van der Waals surface area contributed by atoms with E-state index in [0.29, 0.717) is 0 Å². The Kier molecular flexibility index (Phi) is 5.48. The molecule has 124 valence electrons. The predicted molar refractivity (Wildman–Crippen MR) is 63.3 cm³/mol. The number of quaternary nitrogens is 1. The SMILES string of the molecule is [NH3+]C1[C@H](O)OC(CO)[C@H](O)[C@@H]1O[C@@H]1OC[C@@H](O)[C@H](O)C1O. The predicted octanol–water partition coefficient (Wildman–Crippen LogP) is -5.51. The zero-order valence-electron chi connectivity index (χ0n) is 11.2. The van der Waals surface area contributed by atoms with Crippen molar-refractivity contribution < 1.29 is 50.6 Å². The lowest BCUT2D eigenvalue weighted by molar-refractivity contribution is -0.507. The average Bonchev–Trinajstić information content (AvgIpc) is 2.47. The molecule has 0 spiro atoms. The van der Waals surface area contributed by atoms with Gasteiger partial charge in [0.05, 0.1) is 13.2 Å². The molecule has 2 saturated heterocycles. The van der Waals surface area contributed by atoms with Crippen LogP contribution in [0.2, 0.25) is 0 Å². The third-order valence-corrected chi connectivity index (χ3v) is 3.75. The number of aliphatic hydroxyl groups excluding tert-OH is 6. The second-order valence-electron chi connectivity index (χ2n) is 5.25. The topological polar surface area (TPSA) is 177 Å². The van der Waals surface area contributed by atoms with Gasteiger partial charge in [-0.25, -0.2) is 0 Å². The van der Waals surface area contributed by atoms with Gasteiger partial charge in [-0.1, -0.05) is 0 Å². The first-order chi connectivity index (χ1) is 9.86. The summed E-state index contributed by atoms with van der Waals surface area (Å²) in [4.78, 5) is 0. The summed E-state index contributed by atoms with van der Waals surface area (Å²) >= 11 is 0. The van der Waals surface area contributed by atoms with Crippen molar-refractivity contribution in [2.75, 3.05) is 13.2 Å². The Morgan fingerprint density at radius 1 is 1.05 bits per heavy atom. The van der Waals surface area contributed by atoms with Gasteiger partial charge in [0.1, 0.15) is 36.6 Å². The standard InChI is InChI=1S/C11H21NO9/c12-5-9(7(16)4(1-13)20-10(5)18)21-11-8(17)6(15)3(14)2-19-11/h3-11,13-18H,1-2,12H2/p+1/t3-,4?,5?,6+,7+,8?,9-,10-,11+/m1/s1. The van der Waals surface area contributed by atoms with Crippen molar-refractivity contribution in [3.8, 4) is 0 Å². The maximum atomic E-state index is 10.0. The fourth-order valence-electron chi connectivity index (χ4n) is 2.37. The van der Waals surface area contributed by atoms with Gasteiger partial charge >= 0.3 is 0 Å². The van der Waals surface area contributed by atoms with Crippen molar-refractivity contribution in [2.45, 2.75) is 55.2 Å². The van der Waals surface area contributed by atoms with E-state index in [2.05, 4.69) is 5.73 Å². The molecule has 2 aliphatic rings. The summed E-state index contributed by atoms with van der Waals surface area (Å²) in [6.07, 6.45) is -10.4. The molecule has 0 saturated carbocycles. The van der Waals surface area contributed by atoms with E-state index in [1.807, 2.05) is 0 Å². The normalized spacial score (nSPS) is 51.9. The monoisotopic (exact) mass is 312 g/mol. The number of ether oxygens (including phenoxy) is 3. The van der Waals surface area contributed by atoms with Gasteiger partial charge in [-0.2, -0.15) is 0 Å². The van der Waals surface area contributed by atoms with Crippen LogP contribution >= 0.6 is 0 Å². The zero-order chi connectivity index (χ0) is 15.7. The molecule has 2 heterocycles. The van der Waals surface area contributed by atoms with Crippen LogP contribution in [0.25, 0.3) is 0 Å². The molecule has 2 aliphatic heterocycles. The van der Waals surface area contributed by atoms with Crippen molar-refractivity contribution in [1.29, 1.82) is 0 Å². The Labute approximate surface area is 120 Å². The zero-order valence-corrected chi connectivity index (χ0v) is 11.2. The lowest BCUT2D eigenvalue weighted by atomic mass is 9.97. The first-order valence-corrected chi connectivity index (χ1v) is 6.63. The van der Waals surface area contributed by atoms with Gasteiger partial charge in [0.15, 0.2) is 12.3 Å². The highest BCUT2D eigenvalue weighted by molar-refractivity contribution is 4.91. The first kappa shape index (κ1) is 17.0. The van der Waals surface area contributed by atoms with Gasteiger partial charge in [0.25, 0.3) is 0 Å². The van der Waals surface area contributed by atoms with Gasteiger partial charge < -0.3 is 50.6 Å². The summed E-state index contributed by atoms with van der Waals surface area (Å²) in [7, 11) is 0. The molecule has 9 atom stereocenters. The molecule has 2 fully saturated rings. The molecule has 0 radical (unpaired) electrons. The van der Waals surface area contributed by atoms with E-state index in [9.17, 15) is 25.5 Å². The molecule has 0 aliphatic carbocycles. The fourth-order valence-corrected chi connectivity index (χ4v) is 2.37. The van der Waals surface area contributed by atoms with E-state index in [-0.39, 0.29) is 6.61 Å². The van der Waals surface area contributed by atoms with Gasteiger partial charge in [0.2, 0.25) is 6.29 Å². The molecule has 10 heteroatoms. The molecule has 0 aromatic rings. The summed E-state index contributed by atoms with van der Waals surface area (Å²) in [6, 6.07) is -0.900. The van der Waals surface area contributed by atoms with Crippen LogP contribution < -0.4 is 5.73 Å². The van der Waals surface area contributed by atoms with Crippen molar-refractivity contribution in [3.05, 3.63) is 0 Å². The highest BCUT2D eigenvalue weighted by Crippen LogP contribution is 2.25. The summed E-state index contributed by atoms with van der Waals surface area (Å²) in [5, 5.41) is 57.5. The summed E-state index contributed by atoms with van der Waals surface area (Å²) in [5.74, 6) is 0. The largest absolute Gasteiger partial charge is 0.394 e. The molecule has 10 nitrogen and oxygen atoms in total. The van der Waals surface area contributed by atoms with Crippen LogP contribution in [0.15, 0.2) is 0 Å². The quantitative estimate of drug-likeness (QED) is 0.268. The van der Waals surface area contributed by atoms with E-state index >= 15 is 0 Å². The molecular formula is C11H22NO9+. The van der Waals surface area contributed by atoms with Crippen LogP contribution in [0.3, 0.4) is 0 Å². The summed E-state index contributed by atoms with van der Waals surface area (Å²) < 4.78 is 15.4. The lowest BCUT2D eigenvalue weighted by Crippen LogP contribution is -2.78. The maximum absolute atomic E-state index is 10.0. The van der Waals surface area contributed by atoms with Gasteiger partial charge in [-0.15, -0.1) is 0 Å². The van der Waals surface area contributed by atoms with Gasteiger partial charge in [-0.3, -0.25) is 0 Å². The molecule has 21 heavy (non-hydrogen) atoms. The highest BCUT2D eigenvalue weighted by Gasteiger charge is 2.49. The van der Waals surface area contributed by atoms with Crippen molar-refractivity contribution >= 4 is 0 Å². The average molecular weight is 312 g/mol. The van der Waals surface area contributed by atoms with E-state index in [4.69, 9.17) is 19.3 Å². The summed E-state index contributed by atoms with van der Waals surface area (Å²) in [6.45, 7) is -0.795. The van der Waals surface area contributed by atoms with Crippen LogP contribution in [-0.2, 0) is 14.2 Å². The van der Waals surface area contributed by atoms with E-state index in [1.165, 1.54) is 0 Å². The minimum atomic E-state index is -1.53.